The molecule has 2 aromatic rings. The Hall–Kier alpha value is -2.11. The fraction of sp³-hybridized carbons (Fsp3) is 0.533. The fourth-order valence-corrected chi connectivity index (χ4v) is 2.94. The standard InChI is InChI=1S/C15H21N5O/c1-10-7-11(2)20(19-10)6-5-15(21)17-13-4-3-12-9-16-18-14(12)8-13/h7,9,13H,3-6,8H2,1-2H3,(H,16,18)(H,17,21)/t13-/m1/s1. The summed E-state index contributed by atoms with van der Waals surface area (Å²) in [5.41, 5.74) is 4.53. The molecule has 21 heavy (non-hydrogen) atoms. The number of hydrogen-bond acceptors (Lipinski definition) is 3. The van der Waals surface area contributed by atoms with E-state index in [4.69, 9.17) is 0 Å². The van der Waals surface area contributed by atoms with Gasteiger partial charge in [-0.15, -0.1) is 0 Å². The molecule has 1 aliphatic rings. The number of carbonyl (C=O) groups is 1. The Morgan fingerprint density at radius 3 is 3.14 bits per heavy atom. The number of aryl methyl sites for hydroxylation is 4. The SMILES string of the molecule is Cc1cc(C)n(CCC(=O)N[C@@H]2CCc3cn[nH]c3C2)n1. The second kappa shape index (κ2) is 5.71. The van der Waals surface area contributed by atoms with Crippen LogP contribution in [0.5, 0.6) is 0 Å². The molecular weight excluding hydrogens is 266 g/mol. The van der Waals surface area contributed by atoms with Crippen molar-refractivity contribution in [3.63, 3.8) is 0 Å². The number of aromatic amines is 1. The van der Waals surface area contributed by atoms with E-state index < -0.39 is 0 Å². The molecule has 2 aromatic heterocycles. The van der Waals surface area contributed by atoms with Crippen LogP contribution in [-0.2, 0) is 24.2 Å². The molecule has 0 saturated heterocycles. The lowest BCUT2D eigenvalue weighted by Crippen LogP contribution is -2.39. The molecule has 0 bridgehead atoms. The van der Waals surface area contributed by atoms with Crippen LogP contribution in [0, 0.1) is 13.8 Å². The Labute approximate surface area is 123 Å². The van der Waals surface area contributed by atoms with E-state index in [0.717, 1.165) is 36.3 Å². The third kappa shape index (κ3) is 3.15. The van der Waals surface area contributed by atoms with Crippen LogP contribution in [0.2, 0.25) is 0 Å². The zero-order valence-corrected chi connectivity index (χ0v) is 12.5. The average molecular weight is 287 g/mol. The zero-order chi connectivity index (χ0) is 14.8. The average Bonchev–Trinajstić information content (AvgIpc) is 3.02. The summed E-state index contributed by atoms with van der Waals surface area (Å²) < 4.78 is 1.89. The van der Waals surface area contributed by atoms with Gasteiger partial charge in [-0.05, 0) is 38.3 Å². The molecule has 0 fully saturated rings. The van der Waals surface area contributed by atoms with Gasteiger partial charge >= 0.3 is 0 Å². The van der Waals surface area contributed by atoms with Crippen LogP contribution >= 0.6 is 0 Å². The molecule has 6 heteroatoms. The molecule has 0 saturated carbocycles. The van der Waals surface area contributed by atoms with E-state index in [0.29, 0.717) is 13.0 Å². The number of aromatic nitrogens is 4. The minimum Gasteiger partial charge on any atom is -0.353 e. The molecule has 6 nitrogen and oxygen atoms in total. The largest absolute Gasteiger partial charge is 0.353 e. The second-order valence-corrected chi connectivity index (χ2v) is 5.78. The highest BCUT2D eigenvalue weighted by Gasteiger charge is 2.21. The van der Waals surface area contributed by atoms with Crippen LogP contribution in [0.25, 0.3) is 0 Å². The molecule has 1 atom stereocenters. The number of H-pyrrole nitrogens is 1. The van der Waals surface area contributed by atoms with Crippen molar-refractivity contribution in [3.8, 4) is 0 Å². The highest BCUT2D eigenvalue weighted by molar-refractivity contribution is 5.76. The highest BCUT2D eigenvalue weighted by atomic mass is 16.1. The van der Waals surface area contributed by atoms with Crippen molar-refractivity contribution < 1.29 is 4.79 Å². The summed E-state index contributed by atoms with van der Waals surface area (Å²) in [6.45, 7) is 4.61. The number of nitrogens with one attached hydrogen (secondary N) is 2. The van der Waals surface area contributed by atoms with Crippen LogP contribution < -0.4 is 5.32 Å². The number of nitrogens with zero attached hydrogens (tertiary/aromatic N) is 3. The predicted molar refractivity (Wildman–Crippen MR) is 78.9 cm³/mol. The minimum atomic E-state index is 0.0931. The van der Waals surface area contributed by atoms with Gasteiger partial charge in [0.1, 0.15) is 0 Å². The van der Waals surface area contributed by atoms with E-state index in [2.05, 4.69) is 20.6 Å². The Kier molecular flexibility index (Phi) is 3.77. The molecule has 0 aliphatic heterocycles. The van der Waals surface area contributed by atoms with Crippen molar-refractivity contribution in [1.29, 1.82) is 0 Å². The van der Waals surface area contributed by atoms with Gasteiger partial charge in [0, 0.05) is 36.8 Å². The van der Waals surface area contributed by atoms with Crippen molar-refractivity contribution in [2.45, 2.75) is 52.1 Å². The van der Waals surface area contributed by atoms with Gasteiger partial charge in [0.15, 0.2) is 0 Å². The van der Waals surface area contributed by atoms with E-state index in [1.807, 2.05) is 30.8 Å². The van der Waals surface area contributed by atoms with Gasteiger partial charge in [0.05, 0.1) is 11.9 Å². The summed E-state index contributed by atoms with van der Waals surface area (Å²) in [5, 5.41) is 14.6. The van der Waals surface area contributed by atoms with Gasteiger partial charge < -0.3 is 5.32 Å². The van der Waals surface area contributed by atoms with Gasteiger partial charge in [-0.3, -0.25) is 14.6 Å². The predicted octanol–water partition coefficient (Wildman–Crippen LogP) is 1.29. The molecule has 2 heterocycles. The maximum absolute atomic E-state index is 12.1. The van der Waals surface area contributed by atoms with Crippen molar-refractivity contribution in [2.75, 3.05) is 0 Å². The fourth-order valence-electron chi connectivity index (χ4n) is 2.94. The Morgan fingerprint density at radius 1 is 1.52 bits per heavy atom. The number of rotatable bonds is 4. The van der Waals surface area contributed by atoms with Crippen LogP contribution in [0.15, 0.2) is 12.3 Å². The lowest BCUT2D eigenvalue weighted by molar-refractivity contribution is -0.122. The maximum Gasteiger partial charge on any atom is 0.222 e. The van der Waals surface area contributed by atoms with Crippen molar-refractivity contribution >= 4 is 5.91 Å². The second-order valence-electron chi connectivity index (χ2n) is 5.78. The summed E-state index contributed by atoms with van der Waals surface area (Å²) in [4.78, 5) is 12.1. The number of fused-ring (bicyclic) bond motifs is 1. The van der Waals surface area contributed by atoms with Crippen molar-refractivity contribution in [2.24, 2.45) is 0 Å². The molecule has 1 aliphatic carbocycles. The topological polar surface area (TPSA) is 75.6 Å². The Morgan fingerprint density at radius 2 is 2.38 bits per heavy atom. The zero-order valence-electron chi connectivity index (χ0n) is 12.5. The lowest BCUT2D eigenvalue weighted by Gasteiger charge is -2.22. The monoisotopic (exact) mass is 287 g/mol. The molecule has 112 valence electrons. The molecule has 2 N–H and O–H groups in total. The van der Waals surface area contributed by atoms with Crippen molar-refractivity contribution in [3.05, 3.63) is 34.9 Å². The van der Waals surface area contributed by atoms with Gasteiger partial charge in [0.2, 0.25) is 5.91 Å². The Balaban J connectivity index is 1.50. The van der Waals surface area contributed by atoms with Gasteiger partial charge in [-0.25, -0.2) is 0 Å². The van der Waals surface area contributed by atoms with E-state index in [1.165, 1.54) is 5.56 Å². The van der Waals surface area contributed by atoms with Gasteiger partial charge in [-0.2, -0.15) is 10.2 Å². The summed E-state index contributed by atoms with van der Waals surface area (Å²) in [6, 6.07) is 2.24. The smallest absolute Gasteiger partial charge is 0.222 e. The molecule has 0 radical (unpaired) electrons. The summed E-state index contributed by atoms with van der Waals surface area (Å²) in [6.07, 6.45) is 5.16. The van der Waals surface area contributed by atoms with E-state index in [9.17, 15) is 4.79 Å². The molecule has 1 amide bonds. The van der Waals surface area contributed by atoms with Crippen LogP contribution in [-0.4, -0.2) is 31.9 Å². The first-order valence-electron chi connectivity index (χ1n) is 7.43. The third-order valence-corrected chi connectivity index (χ3v) is 4.04. The summed E-state index contributed by atoms with van der Waals surface area (Å²) >= 11 is 0. The molecule has 3 rings (SSSR count). The minimum absolute atomic E-state index is 0.0931. The lowest BCUT2D eigenvalue weighted by atomic mass is 9.94. The first-order chi connectivity index (χ1) is 10.1. The van der Waals surface area contributed by atoms with Crippen LogP contribution in [0.3, 0.4) is 0 Å². The number of carbonyl (C=O) groups excluding carboxylic acids is 1. The first kappa shape index (κ1) is 13.9. The normalized spacial score (nSPS) is 17.5. The van der Waals surface area contributed by atoms with Gasteiger partial charge in [-0.1, -0.05) is 0 Å². The van der Waals surface area contributed by atoms with Crippen LogP contribution in [0.1, 0.15) is 35.5 Å². The quantitative estimate of drug-likeness (QED) is 0.889. The molecule has 0 aromatic carbocycles. The number of amides is 1. The highest BCUT2D eigenvalue weighted by Crippen LogP contribution is 2.18. The summed E-state index contributed by atoms with van der Waals surface area (Å²) in [7, 11) is 0. The van der Waals surface area contributed by atoms with E-state index >= 15 is 0 Å². The van der Waals surface area contributed by atoms with E-state index in [-0.39, 0.29) is 11.9 Å². The maximum atomic E-state index is 12.1. The van der Waals surface area contributed by atoms with E-state index in [1.54, 1.807) is 0 Å². The van der Waals surface area contributed by atoms with Crippen molar-refractivity contribution in [1.82, 2.24) is 25.3 Å². The molecule has 0 unspecified atom stereocenters. The van der Waals surface area contributed by atoms with Crippen LogP contribution in [0.4, 0.5) is 0 Å². The number of hydrogen-bond donors (Lipinski definition) is 2. The molecular formula is C15H21N5O. The van der Waals surface area contributed by atoms with Gasteiger partial charge in [0.25, 0.3) is 0 Å². The molecule has 0 spiro atoms. The Bertz CT molecular complexity index is 642. The summed E-state index contributed by atoms with van der Waals surface area (Å²) in [5.74, 6) is 0.0931. The first-order valence-corrected chi connectivity index (χ1v) is 7.43. The third-order valence-electron chi connectivity index (χ3n) is 4.04.